The fraction of sp³-hybridized carbons (Fsp3) is 0.333. The largest absolute Gasteiger partial charge is 0.466 e. The highest BCUT2D eigenvalue weighted by atomic mass is 32.1. The third-order valence-corrected chi connectivity index (χ3v) is 3.55. The molecule has 1 atom stereocenters. The maximum absolute atomic E-state index is 14.1. The van der Waals surface area contributed by atoms with Crippen molar-refractivity contribution in [1.82, 2.24) is 10.6 Å². The molecule has 4 nitrogen and oxygen atoms in total. The number of ether oxygens (including phenoxy) is 1. The zero-order valence-electron chi connectivity index (χ0n) is 12.2. The highest BCUT2D eigenvalue weighted by Gasteiger charge is 2.33. The average Bonchev–Trinajstić information content (AvgIpc) is 2.46. The summed E-state index contributed by atoms with van der Waals surface area (Å²) >= 11 is 5.11. The van der Waals surface area contributed by atoms with Gasteiger partial charge in [-0.3, -0.25) is 0 Å². The zero-order chi connectivity index (χ0) is 16.3. The first-order valence-corrected chi connectivity index (χ1v) is 7.22. The third kappa shape index (κ3) is 3.24. The van der Waals surface area contributed by atoms with E-state index in [1.54, 1.807) is 0 Å². The lowest BCUT2D eigenvalue weighted by Crippen LogP contribution is -2.46. The van der Waals surface area contributed by atoms with Crippen LogP contribution in [0.3, 0.4) is 0 Å². The lowest BCUT2D eigenvalue weighted by molar-refractivity contribution is -0.136. The van der Waals surface area contributed by atoms with Gasteiger partial charge in [0.15, 0.2) is 5.11 Å². The van der Waals surface area contributed by atoms with Crippen LogP contribution in [0.25, 0.3) is 0 Å². The molecule has 0 unspecified atom stereocenters. The lowest BCUT2D eigenvalue weighted by atomic mass is 9.93. The summed E-state index contributed by atoms with van der Waals surface area (Å²) in [6.45, 7) is 1.95. The minimum Gasteiger partial charge on any atom is -0.466 e. The first kappa shape index (κ1) is 16.4. The van der Waals surface area contributed by atoms with Crippen LogP contribution in [0.15, 0.2) is 29.5 Å². The monoisotopic (exact) mass is 326 g/mol. The normalized spacial score (nSPS) is 17.8. The second-order valence-electron chi connectivity index (χ2n) is 4.83. The number of hydrogen-bond acceptors (Lipinski definition) is 3. The quantitative estimate of drug-likeness (QED) is 0.658. The van der Waals surface area contributed by atoms with Crippen molar-refractivity contribution in [3.63, 3.8) is 0 Å². The SMILES string of the molecule is CCCC1=C(C(=O)OC)[C@H](c2ccc(F)cc2F)NC(=S)N1. The Balaban J connectivity index is 2.56. The Labute approximate surface area is 132 Å². The Kier molecular flexibility index (Phi) is 5.07. The molecular formula is C15H16F2N2O2S. The standard InChI is InChI=1S/C15H16F2N2O2S/c1-3-4-11-12(14(20)21-2)13(19-15(22)18-11)9-6-5-8(16)7-10(9)17/h5-7,13H,3-4H2,1-2H3,(H2,18,19,22)/t13-/m0/s1. The molecule has 1 aromatic carbocycles. The summed E-state index contributed by atoms with van der Waals surface area (Å²) in [5.74, 6) is -2.02. The number of carbonyl (C=O) groups excluding carboxylic acids is 1. The minimum absolute atomic E-state index is 0.138. The van der Waals surface area contributed by atoms with Crippen molar-refractivity contribution in [2.24, 2.45) is 0 Å². The second kappa shape index (κ2) is 6.83. The van der Waals surface area contributed by atoms with Crippen LogP contribution in [0.2, 0.25) is 0 Å². The van der Waals surface area contributed by atoms with E-state index < -0.39 is 23.6 Å². The van der Waals surface area contributed by atoms with Gasteiger partial charge in [0.05, 0.1) is 18.7 Å². The molecule has 0 aliphatic carbocycles. The lowest BCUT2D eigenvalue weighted by Gasteiger charge is -2.31. The molecule has 0 spiro atoms. The maximum Gasteiger partial charge on any atom is 0.337 e. The van der Waals surface area contributed by atoms with Crippen molar-refractivity contribution in [2.45, 2.75) is 25.8 Å². The smallest absolute Gasteiger partial charge is 0.337 e. The number of esters is 1. The summed E-state index contributed by atoms with van der Waals surface area (Å²) in [6.07, 6.45) is 1.33. The topological polar surface area (TPSA) is 50.4 Å². The summed E-state index contributed by atoms with van der Waals surface area (Å²) in [7, 11) is 1.25. The Morgan fingerprint density at radius 3 is 2.73 bits per heavy atom. The molecule has 1 heterocycles. The fourth-order valence-electron chi connectivity index (χ4n) is 2.39. The van der Waals surface area contributed by atoms with Gasteiger partial charge in [0.1, 0.15) is 11.6 Å². The third-order valence-electron chi connectivity index (χ3n) is 3.33. The summed E-state index contributed by atoms with van der Waals surface area (Å²) in [5, 5.41) is 6.04. The van der Waals surface area contributed by atoms with Crippen molar-refractivity contribution < 1.29 is 18.3 Å². The predicted octanol–water partition coefficient (Wildman–Crippen LogP) is 2.71. The van der Waals surface area contributed by atoms with E-state index >= 15 is 0 Å². The van der Waals surface area contributed by atoms with Crippen LogP contribution in [-0.4, -0.2) is 18.2 Å². The Morgan fingerprint density at radius 2 is 2.14 bits per heavy atom. The highest BCUT2D eigenvalue weighted by molar-refractivity contribution is 7.80. The van der Waals surface area contributed by atoms with Crippen LogP contribution in [0.1, 0.15) is 31.4 Å². The van der Waals surface area contributed by atoms with Crippen molar-refractivity contribution in [1.29, 1.82) is 0 Å². The van der Waals surface area contributed by atoms with Gasteiger partial charge in [-0.05, 0) is 24.7 Å². The molecular weight excluding hydrogens is 310 g/mol. The summed E-state index contributed by atoms with van der Waals surface area (Å²) in [4.78, 5) is 12.1. The van der Waals surface area contributed by atoms with Gasteiger partial charge >= 0.3 is 5.97 Å². The van der Waals surface area contributed by atoms with Gasteiger partial charge in [0, 0.05) is 17.3 Å². The van der Waals surface area contributed by atoms with Crippen LogP contribution in [-0.2, 0) is 9.53 Å². The Morgan fingerprint density at radius 1 is 1.41 bits per heavy atom. The van der Waals surface area contributed by atoms with Crippen molar-refractivity contribution >= 4 is 23.3 Å². The molecule has 0 fully saturated rings. The van der Waals surface area contributed by atoms with Crippen LogP contribution >= 0.6 is 12.2 Å². The average molecular weight is 326 g/mol. The molecule has 0 bridgehead atoms. The number of nitrogens with one attached hydrogen (secondary N) is 2. The number of halogens is 2. The first-order chi connectivity index (χ1) is 10.5. The van der Waals surface area contributed by atoms with E-state index in [9.17, 15) is 13.6 Å². The van der Waals surface area contributed by atoms with Gasteiger partial charge < -0.3 is 15.4 Å². The molecule has 0 amide bonds. The molecule has 0 radical (unpaired) electrons. The van der Waals surface area contributed by atoms with Crippen LogP contribution in [0.4, 0.5) is 8.78 Å². The van der Waals surface area contributed by atoms with Gasteiger partial charge in [0.25, 0.3) is 0 Å². The van der Waals surface area contributed by atoms with E-state index in [2.05, 4.69) is 10.6 Å². The molecule has 0 saturated carbocycles. The van der Waals surface area contributed by atoms with E-state index in [1.165, 1.54) is 13.2 Å². The number of hydrogen-bond donors (Lipinski definition) is 2. The zero-order valence-corrected chi connectivity index (χ0v) is 13.0. The summed E-state index contributed by atoms with van der Waals surface area (Å²) in [6, 6.07) is 2.39. The molecule has 22 heavy (non-hydrogen) atoms. The van der Waals surface area contributed by atoms with E-state index in [4.69, 9.17) is 17.0 Å². The van der Waals surface area contributed by atoms with E-state index in [-0.39, 0.29) is 16.2 Å². The molecule has 2 N–H and O–H groups in total. The Hall–Kier alpha value is -2.02. The Bertz CT molecular complexity index is 646. The molecule has 7 heteroatoms. The summed E-state index contributed by atoms with van der Waals surface area (Å²) < 4.78 is 32.0. The molecule has 0 saturated heterocycles. The number of thiocarbonyl (C=S) groups is 1. The number of methoxy groups -OCH3 is 1. The van der Waals surface area contributed by atoms with Crippen LogP contribution in [0.5, 0.6) is 0 Å². The van der Waals surface area contributed by atoms with E-state index in [0.717, 1.165) is 18.6 Å². The molecule has 0 aromatic heterocycles. The molecule has 1 aliphatic heterocycles. The predicted molar refractivity (Wildman–Crippen MR) is 81.9 cm³/mol. The number of allylic oxidation sites excluding steroid dienone is 1. The molecule has 118 valence electrons. The van der Waals surface area contributed by atoms with E-state index in [0.29, 0.717) is 12.1 Å². The summed E-state index contributed by atoms with van der Waals surface area (Å²) in [5.41, 5.74) is 0.981. The number of carbonyl (C=O) groups is 1. The van der Waals surface area contributed by atoms with Gasteiger partial charge in [0.2, 0.25) is 0 Å². The number of benzene rings is 1. The molecule has 2 rings (SSSR count). The highest BCUT2D eigenvalue weighted by Crippen LogP contribution is 2.31. The van der Waals surface area contributed by atoms with Crippen LogP contribution < -0.4 is 10.6 Å². The van der Waals surface area contributed by atoms with Crippen molar-refractivity contribution in [3.8, 4) is 0 Å². The number of rotatable bonds is 4. The van der Waals surface area contributed by atoms with E-state index in [1.807, 2.05) is 6.92 Å². The van der Waals surface area contributed by atoms with Crippen LogP contribution in [0, 0.1) is 11.6 Å². The van der Waals surface area contributed by atoms with Crippen molar-refractivity contribution in [2.75, 3.05) is 7.11 Å². The molecule has 1 aromatic rings. The van der Waals surface area contributed by atoms with Gasteiger partial charge in [-0.2, -0.15) is 0 Å². The molecule has 1 aliphatic rings. The minimum atomic E-state index is -0.816. The van der Waals surface area contributed by atoms with Gasteiger partial charge in [-0.1, -0.05) is 19.4 Å². The maximum atomic E-state index is 14.1. The van der Waals surface area contributed by atoms with Crippen molar-refractivity contribution in [3.05, 3.63) is 46.7 Å². The van der Waals surface area contributed by atoms with Gasteiger partial charge in [-0.25, -0.2) is 13.6 Å². The second-order valence-corrected chi connectivity index (χ2v) is 5.24. The fourth-order valence-corrected chi connectivity index (χ4v) is 2.63. The van der Waals surface area contributed by atoms with Gasteiger partial charge in [-0.15, -0.1) is 0 Å². The first-order valence-electron chi connectivity index (χ1n) is 6.81.